The molecule has 1 saturated heterocycles. The normalized spacial score (nSPS) is 18.9. The van der Waals surface area contributed by atoms with Crippen LogP contribution in [-0.4, -0.2) is 55.5 Å². The van der Waals surface area contributed by atoms with Gasteiger partial charge in [0, 0.05) is 12.6 Å². The Morgan fingerprint density at radius 1 is 1.38 bits per heavy atom. The fraction of sp³-hybridized carbons (Fsp3) is 0.529. The molecular weight excluding hydrogens is 330 g/mol. The molecule has 0 saturated carbocycles. The predicted molar refractivity (Wildman–Crippen MR) is 92.6 cm³/mol. The van der Waals surface area contributed by atoms with Crippen molar-refractivity contribution in [3.05, 3.63) is 23.2 Å². The molecule has 2 amide bonds. The van der Waals surface area contributed by atoms with E-state index in [2.05, 4.69) is 10.2 Å². The molecule has 7 heteroatoms. The molecule has 1 atom stereocenters. The maximum atomic E-state index is 12.3. The second-order valence-corrected chi connectivity index (χ2v) is 6.74. The first kappa shape index (κ1) is 17.0. The van der Waals surface area contributed by atoms with Crippen LogP contribution < -0.4 is 15.0 Å². The zero-order chi connectivity index (χ0) is 17.1. The van der Waals surface area contributed by atoms with E-state index in [1.54, 1.807) is 18.2 Å². The molecule has 0 aromatic heterocycles. The van der Waals surface area contributed by atoms with Gasteiger partial charge in [-0.25, -0.2) is 0 Å². The van der Waals surface area contributed by atoms with Gasteiger partial charge in [-0.1, -0.05) is 17.7 Å². The number of carbonyl (C=O) groups is 2. The van der Waals surface area contributed by atoms with Crippen LogP contribution in [0.2, 0.25) is 5.02 Å². The number of carbonyl (C=O) groups excluding carboxylic acids is 2. The Kier molecular flexibility index (Phi) is 5.26. The molecule has 2 aliphatic rings. The number of nitrogens with zero attached hydrogens (tertiary/aromatic N) is 2. The number of benzene rings is 1. The highest BCUT2D eigenvalue weighted by atomic mass is 35.5. The highest BCUT2D eigenvalue weighted by molar-refractivity contribution is 6.32. The summed E-state index contributed by atoms with van der Waals surface area (Å²) in [4.78, 5) is 28.3. The third-order valence-electron chi connectivity index (χ3n) is 4.32. The van der Waals surface area contributed by atoms with Gasteiger partial charge < -0.3 is 15.0 Å². The zero-order valence-electron chi connectivity index (χ0n) is 13.8. The van der Waals surface area contributed by atoms with Gasteiger partial charge in [-0.3, -0.25) is 14.5 Å². The van der Waals surface area contributed by atoms with Crippen LogP contribution in [0.5, 0.6) is 5.75 Å². The molecule has 1 fully saturated rings. The van der Waals surface area contributed by atoms with E-state index in [-0.39, 0.29) is 31.0 Å². The molecule has 0 radical (unpaired) electrons. The standard InChI is InChI=1S/C17H22ClN3O3/c1-12(9-20-7-2-3-8-20)19-15(22)10-21-14-6-4-5-13(18)17(14)24-11-16(21)23/h4-6,12H,2-3,7-11H2,1H3,(H,19,22)/t12-/m0/s1. The van der Waals surface area contributed by atoms with Gasteiger partial charge in [0.2, 0.25) is 5.91 Å². The molecule has 0 bridgehead atoms. The summed E-state index contributed by atoms with van der Waals surface area (Å²) in [6, 6.07) is 5.22. The zero-order valence-corrected chi connectivity index (χ0v) is 14.5. The van der Waals surface area contributed by atoms with E-state index < -0.39 is 0 Å². The minimum atomic E-state index is -0.243. The van der Waals surface area contributed by atoms with Crippen molar-refractivity contribution in [2.45, 2.75) is 25.8 Å². The van der Waals surface area contributed by atoms with Crippen molar-refractivity contribution in [1.82, 2.24) is 10.2 Å². The molecular formula is C17H22ClN3O3. The first-order valence-electron chi connectivity index (χ1n) is 8.28. The lowest BCUT2D eigenvalue weighted by molar-refractivity contribution is -0.125. The number of fused-ring (bicyclic) bond motifs is 1. The van der Waals surface area contributed by atoms with Crippen molar-refractivity contribution in [3.8, 4) is 5.75 Å². The average molecular weight is 352 g/mol. The number of hydrogen-bond donors (Lipinski definition) is 1. The number of likely N-dealkylation sites (tertiary alicyclic amines) is 1. The Hall–Kier alpha value is -1.79. The van der Waals surface area contributed by atoms with E-state index in [9.17, 15) is 9.59 Å². The fourth-order valence-corrected chi connectivity index (χ4v) is 3.46. The van der Waals surface area contributed by atoms with Gasteiger partial charge >= 0.3 is 0 Å². The molecule has 2 aliphatic heterocycles. The summed E-state index contributed by atoms with van der Waals surface area (Å²) in [5.74, 6) is 0.0340. The maximum absolute atomic E-state index is 12.3. The molecule has 1 N–H and O–H groups in total. The highest BCUT2D eigenvalue weighted by Crippen LogP contribution is 2.37. The number of ether oxygens (including phenoxy) is 1. The fourth-order valence-electron chi connectivity index (χ4n) is 3.23. The summed E-state index contributed by atoms with van der Waals surface area (Å²) in [5.41, 5.74) is 0.543. The van der Waals surface area contributed by atoms with Crippen molar-refractivity contribution in [3.63, 3.8) is 0 Å². The van der Waals surface area contributed by atoms with Gasteiger partial charge in [0.1, 0.15) is 6.54 Å². The van der Waals surface area contributed by atoms with E-state index in [1.165, 1.54) is 17.7 Å². The second kappa shape index (κ2) is 7.40. The number of halogens is 1. The third-order valence-corrected chi connectivity index (χ3v) is 4.62. The van der Waals surface area contributed by atoms with Crippen LogP contribution in [0.25, 0.3) is 0 Å². The molecule has 1 aromatic carbocycles. The van der Waals surface area contributed by atoms with Gasteiger partial charge in [-0.2, -0.15) is 0 Å². The minimum Gasteiger partial charge on any atom is -0.480 e. The molecule has 3 rings (SSSR count). The summed E-state index contributed by atoms with van der Waals surface area (Å²) < 4.78 is 5.39. The molecule has 2 heterocycles. The summed E-state index contributed by atoms with van der Waals surface area (Å²) >= 11 is 6.10. The van der Waals surface area contributed by atoms with E-state index >= 15 is 0 Å². The smallest absolute Gasteiger partial charge is 0.265 e. The van der Waals surface area contributed by atoms with Crippen LogP contribution in [0, 0.1) is 0 Å². The highest BCUT2D eigenvalue weighted by Gasteiger charge is 2.29. The van der Waals surface area contributed by atoms with Crippen LogP contribution in [0.1, 0.15) is 19.8 Å². The number of hydrogen-bond acceptors (Lipinski definition) is 4. The van der Waals surface area contributed by atoms with Crippen LogP contribution in [-0.2, 0) is 9.59 Å². The van der Waals surface area contributed by atoms with Crippen LogP contribution in [0.3, 0.4) is 0 Å². The van der Waals surface area contributed by atoms with Crippen molar-refractivity contribution in [1.29, 1.82) is 0 Å². The number of anilines is 1. The Balaban J connectivity index is 1.61. The van der Waals surface area contributed by atoms with Gasteiger partial charge in [0.25, 0.3) is 5.91 Å². The SMILES string of the molecule is C[C@@H](CN1CCCC1)NC(=O)CN1C(=O)COc2c(Cl)cccc21. The molecule has 0 spiro atoms. The van der Waals surface area contributed by atoms with Gasteiger partial charge in [-0.15, -0.1) is 0 Å². The average Bonchev–Trinajstić information content (AvgIpc) is 3.03. The molecule has 24 heavy (non-hydrogen) atoms. The lowest BCUT2D eigenvalue weighted by atomic mass is 10.2. The summed E-state index contributed by atoms with van der Waals surface area (Å²) in [7, 11) is 0. The number of amides is 2. The molecule has 6 nitrogen and oxygen atoms in total. The quantitative estimate of drug-likeness (QED) is 0.876. The number of para-hydroxylation sites is 1. The van der Waals surface area contributed by atoms with Crippen molar-refractivity contribution in [2.75, 3.05) is 37.7 Å². The Bertz CT molecular complexity index is 632. The largest absolute Gasteiger partial charge is 0.480 e. The van der Waals surface area contributed by atoms with E-state index in [4.69, 9.17) is 16.3 Å². The maximum Gasteiger partial charge on any atom is 0.265 e. The lowest BCUT2D eigenvalue weighted by Gasteiger charge is -2.30. The Labute approximate surface area is 146 Å². The van der Waals surface area contributed by atoms with E-state index in [1.807, 2.05) is 6.92 Å². The van der Waals surface area contributed by atoms with Crippen molar-refractivity contribution < 1.29 is 14.3 Å². The first-order chi connectivity index (χ1) is 11.5. The summed E-state index contributed by atoms with van der Waals surface area (Å²) in [5, 5.41) is 3.41. The van der Waals surface area contributed by atoms with Crippen molar-refractivity contribution >= 4 is 29.1 Å². The lowest BCUT2D eigenvalue weighted by Crippen LogP contribution is -2.48. The van der Waals surface area contributed by atoms with Crippen LogP contribution >= 0.6 is 11.6 Å². The first-order valence-corrected chi connectivity index (χ1v) is 8.66. The van der Waals surface area contributed by atoms with Gasteiger partial charge in [-0.05, 0) is 45.0 Å². The van der Waals surface area contributed by atoms with Gasteiger partial charge in [0.15, 0.2) is 12.4 Å². The van der Waals surface area contributed by atoms with Crippen molar-refractivity contribution in [2.24, 2.45) is 0 Å². The third kappa shape index (κ3) is 3.82. The van der Waals surface area contributed by atoms with Gasteiger partial charge in [0.05, 0.1) is 10.7 Å². The summed E-state index contributed by atoms with van der Waals surface area (Å²) in [6.07, 6.45) is 2.45. The predicted octanol–water partition coefficient (Wildman–Crippen LogP) is 1.67. The topological polar surface area (TPSA) is 61.9 Å². The van der Waals surface area contributed by atoms with E-state index in [0.29, 0.717) is 16.5 Å². The molecule has 130 valence electrons. The second-order valence-electron chi connectivity index (χ2n) is 6.33. The molecule has 0 aliphatic carbocycles. The van der Waals surface area contributed by atoms with Crippen LogP contribution in [0.15, 0.2) is 18.2 Å². The number of rotatable bonds is 5. The minimum absolute atomic E-state index is 0.0279. The molecule has 1 aromatic rings. The Morgan fingerprint density at radius 2 is 2.12 bits per heavy atom. The van der Waals surface area contributed by atoms with Crippen LogP contribution in [0.4, 0.5) is 5.69 Å². The number of nitrogens with one attached hydrogen (secondary N) is 1. The molecule has 0 unspecified atom stereocenters. The monoisotopic (exact) mass is 351 g/mol. The summed E-state index contributed by atoms with van der Waals surface area (Å²) in [6.45, 7) is 4.88. The Morgan fingerprint density at radius 3 is 2.88 bits per heavy atom. The van der Waals surface area contributed by atoms with E-state index in [0.717, 1.165) is 19.6 Å².